The molecule has 0 aliphatic heterocycles. The number of nitrogens with zero attached hydrogens (tertiary/aromatic N) is 4. The van der Waals surface area contributed by atoms with Crippen molar-refractivity contribution in [3.05, 3.63) is 42.9 Å². The van der Waals surface area contributed by atoms with Gasteiger partial charge in [-0.2, -0.15) is 5.10 Å². The van der Waals surface area contributed by atoms with Gasteiger partial charge in [-0.15, -0.1) is 11.8 Å². The second-order valence-corrected chi connectivity index (χ2v) is 5.13. The molecule has 2 N–H and O–H groups in total. The summed E-state index contributed by atoms with van der Waals surface area (Å²) in [4.78, 5) is 8.59. The molecule has 3 rings (SSSR count). The van der Waals surface area contributed by atoms with Crippen LogP contribution in [0.15, 0.2) is 47.9 Å². The lowest BCUT2D eigenvalue weighted by atomic mass is 10.2. The lowest BCUT2D eigenvalue weighted by Crippen LogP contribution is -2.02. The van der Waals surface area contributed by atoms with Gasteiger partial charge in [0.1, 0.15) is 17.2 Å². The highest BCUT2D eigenvalue weighted by Crippen LogP contribution is 2.24. The van der Waals surface area contributed by atoms with E-state index in [4.69, 9.17) is 5.73 Å². The Bertz CT molecular complexity index is 689. The first kappa shape index (κ1) is 12.0. The molecule has 96 valence electrons. The van der Waals surface area contributed by atoms with E-state index in [-0.39, 0.29) is 0 Å². The van der Waals surface area contributed by atoms with E-state index in [1.807, 2.05) is 35.1 Å². The van der Waals surface area contributed by atoms with Crippen LogP contribution in [0.25, 0.3) is 10.9 Å². The summed E-state index contributed by atoms with van der Waals surface area (Å²) in [5.41, 5.74) is 6.55. The number of hydrogen-bond donors (Lipinski definition) is 1. The number of hydrogen-bond acceptors (Lipinski definition) is 5. The van der Waals surface area contributed by atoms with Gasteiger partial charge in [-0.1, -0.05) is 18.2 Å². The molecule has 2 heterocycles. The maximum Gasteiger partial charge on any atom is 0.145 e. The molecular formula is C13H13N5S. The van der Waals surface area contributed by atoms with E-state index < -0.39 is 0 Å². The van der Waals surface area contributed by atoms with Crippen LogP contribution in [-0.4, -0.2) is 25.5 Å². The fourth-order valence-corrected chi connectivity index (χ4v) is 2.75. The van der Waals surface area contributed by atoms with Crippen LogP contribution in [0.2, 0.25) is 0 Å². The second kappa shape index (κ2) is 5.27. The quantitative estimate of drug-likeness (QED) is 0.582. The molecule has 5 nitrogen and oxygen atoms in total. The van der Waals surface area contributed by atoms with Crippen molar-refractivity contribution in [2.45, 2.75) is 11.6 Å². The molecule has 0 spiro atoms. The average Bonchev–Trinajstić information content (AvgIpc) is 2.85. The van der Waals surface area contributed by atoms with Gasteiger partial charge < -0.3 is 5.73 Å². The molecule has 2 aromatic heterocycles. The molecule has 0 aliphatic carbocycles. The summed E-state index contributed by atoms with van der Waals surface area (Å²) in [5, 5.41) is 6.25. The molecule has 0 amide bonds. The third kappa shape index (κ3) is 2.68. The number of fused-ring (bicyclic) bond motifs is 1. The highest BCUT2D eigenvalue weighted by molar-refractivity contribution is 7.99. The third-order valence-electron chi connectivity index (χ3n) is 2.73. The minimum absolute atomic E-state index is 0.553. The van der Waals surface area contributed by atoms with E-state index in [0.717, 1.165) is 28.2 Å². The Hall–Kier alpha value is -2.08. The third-order valence-corrected chi connectivity index (χ3v) is 3.71. The van der Waals surface area contributed by atoms with Gasteiger partial charge >= 0.3 is 0 Å². The molecule has 0 saturated heterocycles. The van der Waals surface area contributed by atoms with Crippen molar-refractivity contribution in [1.29, 1.82) is 0 Å². The van der Waals surface area contributed by atoms with Gasteiger partial charge in [0.25, 0.3) is 0 Å². The Balaban J connectivity index is 1.71. The number of para-hydroxylation sites is 1. The van der Waals surface area contributed by atoms with Crippen molar-refractivity contribution >= 4 is 28.5 Å². The molecule has 0 radical (unpaired) electrons. The zero-order chi connectivity index (χ0) is 13.1. The predicted molar refractivity (Wildman–Crippen MR) is 76.9 cm³/mol. The maximum absolute atomic E-state index is 5.58. The van der Waals surface area contributed by atoms with Crippen LogP contribution in [0, 0.1) is 0 Å². The van der Waals surface area contributed by atoms with Crippen molar-refractivity contribution in [3.63, 3.8) is 0 Å². The number of anilines is 1. The first-order valence-corrected chi connectivity index (χ1v) is 6.93. The maximum atomic E-state index is 5.58. The molecule has 0 saturated carbocycles. The molecule has 0 unspecified atom stereocenters. The largest absolute Gasteiger partial charge is 0.382 e. The zero-order valence-corrected chi connectivity index (χ0v) is 11.0. The van der Waals surface area contributed by atoms with Gasteiger partial charge in [-0.05, 0) is 12.1 Å². The molecule has 6 heteroatoms. The summed E-state index contributed by atoms with van der Waals surface area (Å²) in [5.74, 6) is 1.44. The van der Waals surface area contributed by atoms with E-state index >= 15 is 0 Å². The van der Waals surface area contributed by atoms with Crippen LogP contribution < -0.4 is 5.73 Å². The summed E-state index contributed by atoms with van der Waals surface area (Å²) in [6.07, 6.45) is 3.49. The first-order valence-electron chi connectivity index (χ1n) is 5.94. The molecule has 3 aromatic rings. The normalized spacial score (nSPS) is 10.9. The van der Waals surface area contributed by atoms with Crippen molar-refractivity contribution in [2.75, 3.05) is 11.5 Å². The van der Waals surface area contributed by atoms with Gasteiger partial charge in [0.2, 0.25) is 0 Å². The first-order chi connectivity index (χ1) is 9.33. The number of thioether (sulfide) groups is 1. The molecule has 0 bridgehead atoms. The lowest BCUT2D eigenvalue weighted by molar-refractivity contribution is 0.669. The topological polar surface area (TPSA) is 69.6 Å². The highest BCUT2D eigenvalue weighted by Gasteiger charge is 2.03. The Morgan fingerprint density at radius 2 is 2.05 bits per heavy atom. The summed E-state index contributed by atoms with van der Waals surface area (Å²) in [6, 6.07) is 9.82. The van der Waals surface area contributed by atoms with E-state index in [9.17, 15) is 0 Å². The van der Waals surface area contributed by atoms with E-state index in [2.05, 4.69) is 15.1 Å². The summed E-state index contributed by atoms with van der Waals surface area (Å²) in [6.45, 7) is 0.806. The number of aryl methyl sites for hydroxylation is 1. The van der Waals surface area contributed by atoms with Gasteiger partial charge in [-0.25, -0.2) is 9.97 Å². The van der Waals surface area contributed by atoms with Gasteiger partial charge in [-0.3, -0.25) is 4.68 Å². The average molecular weight is 271 g/mol. The zero-order valence-electron chi connectivity index (χ0n) is 10.2. The fraction of sp³-hybridized carbons (Fsp3) is 0.154. The number of rotatable bonds is 4. The van der Waals surface area contributed by atoms with E-state index in [0.29, 0.717) is 5.82 Å². The lowest BCUT2D eigenvalue weighted by Gasteiger charge is -2.04. The fourth-order valence-electron chi connectivity index (χ4n) is 1.83. The Labute approximate surface area is 114 Å². The van der Waals surface area contributed by atoms with E-state index in [1.54, 1.807) is 24.2 Å². The monoisotopic (exact) mass is 271 g/mol. The van der Waals surface area contributed by atoms with Crippen molar-refractivity contribution < 1.29 is 0 Å². The summed E-state index contributed by atoms with van der Waals surface area (Å²) in [7, 11) is 0. The van der Waals surface area contributed by atoms with Gasteiger partial charge in [0.05, 0.1) is 12.1 Å². The van der Waals surface area contributed by atoms with Crippen molar-refractivity contribution in [1.82, 2.24) is 19.7 Å². The standard InChI is InChI=1S/C13H13N5S/c14-12-5-6-18(17-12)7-8-19-13-10-3-1-2-4-11(10)15-9-16-13/h1-6,9H,7-8H2,(H2,14,17). The number of nitrogen functional groups attached to an aromatic ring is 1. The summed E-state index contributed by atoms with van der Waals surface area (Å²) < 4.78 is 1.84. The number of benzene rings is 1. The van der Waals surface area contributed by atoms with Crippen molar-refractivity contribution in [3.8, 4) is 0 Å². The SMILES string of the molecule is Nc1ccn(CCSc2ncnc3ccccc23)n1. The van der Waals surface area contributed by atoms with Gasteiger partial charge in [0.15, 0.2) is 0 Å². The molecule has 0 fully saturated rings. The molecule has 0 atom stereocenters. The molecular weight excluding hydrogens is 258 g/mol. The van der Waals surface area contributed by atoms with Crippen LogP contribution in [0.1, 0.15) is 0 Å². The predicted octanol–water partition coefficient (Wildman–Crippen LogP) is 2.20. The highest BCUT2D eigenvalue weighted by atomic mass is 32.2. The van der Waals surface area contributed by atoms with Crippen LogP contribution in [-0.2, 0) is 6.54 Å². The molecule has 19 heavy (non-hydrogen) atoms. The minimum atomic E-state index is 0.553. The van der Waals surface area contributed by atoms with Crippen LogP contribution in [0.5, 0.6) is 0 Å². The van der Waals surface area contributed by atoms with Crippen LogP contribution in [0.4, 0.5) is 5.82 Å². The molecule has 0 aliphatic rings. The second-order valence-electron chi connectivity index (χ2n) is 4.05. The Morgan fingerprint density at radius 3 is 2.89 bits per heavy atom. The minimum Gasteiger partial charge on any atom is -0.382 e. The summed E-state index contributed by atoms with van der Waals surface area (Å²) >= 11 is 1.70. The van der Waals surface area contributed by atoms with Crippen molar-refractivity contribution in [2.24, 2.45) is 0 Å². The number of aromatic nitrogens is 4. The van der Waals surface area contributed by atoms with Gasteiger partial charge in [0, 0.05) is 17.3 Å². The number of nitrogens with two attached hydrogens (primary N) is 1. The Morgan fingerprint density at radius 1 is 1.16 bits per heavy atom. The Kier molecular flexibility index (Phi) is 3.33. The van der Waals surface area contributed by atoms with E-state index in [1.165, 1.54) is 0 Å². The van der Waals surface area contributed by atoms with Crippen LogP contribution in [0.3, 0.4) is 0 Å². The van der Waals surface area contributed by atoms with Crippen LogP contribution >= 0.6 is 11.8 Å². The smallest absolute Gasteiger partial charge is 0.145 e. The molecule has 1 aromatic carbocycles.